The fourth-order valence-corrected chi connectivity index (χ4v) is 5.15. The van der Waals surface area contributed by atoms with E-state index in [0.717, 1.165) is 77.0 Å². The summed E-state index contributed by atoms with van der Waals surface area (Å²) in [5, 5.41) is 0. The fraction of sp³-hybridized carbons (Fsp3) is 0.769. The van der Waals surface area contributed by atoms with Crippen LogP contribution in [-0.4, -0.2) is 36.4 Å². The lowest BCUT2D eigenvalue weighted by atomic mass is 9.79. The minimum absolute atomic E-state index is 0.0248. The molecule has 0 aliphatic heterocycles. The first-order valence-electron chi connectivity index (χ1n) is 12.3. The third-order valence-electron chi connectivity index (χ3n) is 6.84. The number of unbranched alkanes of at least 4 members (excludes halogenated alkanes) is 2. The number of carbonyl (C=O) groups is 2. The van der Waals surface area contributed by atoms with Gasteiger partial charge in [-0.3, -0.25) is 0 Å². The van der Waals surface area contributed by atoms with Crippen molar-refractivity contribution < 1.29 is 23.8 Å². The predicted octanol–water partition coefficient (Wildman–Crippen LogP) is 5.92. The summed E-state index contributed by atoms with van der Waals surface area (Å²) in [4.78, 5) is 23.5. The first-order chi connectivity index (χ1) is 15.0. The van der Waals surface area contributed by atoms with Crippen LogP contribution in [0.5, 0.6) is 0 Å². The van der Waals surface area contributed by atoms with Crippen LogP contribution in [0.1, 0.15) is 90.9 Å². The lowest BCUT2D eigenvalue weighted by molar-refractivity contribution is -0.157. The molecule has 2 rings (SSSR count). The molecule has 2 aliphatic carbocycles. The number of hydrogen-bond donors (Lipinski definition) is 0. The molecule has 0 N–H and O–H groups in total. The molecule has 31 heavy (non-hydrogen) atoms. The molecule has 0 aromatic heterocycles. The summed E-state index contributed by atoms with van der Waals surface area (Å²) in [6, 6.07) is 0. The molecule has 5 nitrogen and oxygen atoms in total. The lowest BCUT2D eigenvalue weighted by Gasteiger charge is -2.40. The van der Waals surface area contributed by atoms with Gasteiger partial charge in [0, 0.05) is 12.2 Å². The Morgan fingerprint density at radius 2 is 1.19 bits per heavy atom. The van der Waals surface area contributed by atoms with Crippen molar-refractivity contribution in [1.29, 1.82) is 0 Å². The van der Waals surface area contributed by atoms with Gasteiger partial charge in [-0.1, -0.05) is 52.7 Å². The minimum atomic E-state index is -0.322. The first-order valence-corrected chi connectivity index (χ1v) is 12.3. The van der Waals surface area contributed by atoms with Crippen molar-refractivity contribution in [2.75, 3.05) is 0 Å². The van der Waals surface area contributed by atoms with Crippen LogP contribution in [0.4, 0.5) is 0 Å². The Morgan fingerprint density at radius 3 is 1.55 bits per heavy atom. The van der Waals surface area contributed by atoms with Crippen molar-refractivity contribution in [3.8, 4) is 0 Å². The highest BCUT2D eigenvalue weighted by Gasteiger charge is 2.37. The highest BCUT2D eigenvalue weighted by Crippen LogP contribution is 2.37. The molecule has 2 aliphatic rings. The van der Waals surface area contributed by atoms with Gasteiger partial charge in [-0.15, -0.1) is 0 Å². The predicted molar refractivity (Wildman–Crippen MR) is 123 cm³/mol. The molecule has 0 heterocycles. The molecule has 176 valence electrons. The molecular weight excluding hydrogens is 392 g/mol. The van der Waals surface area contributed by atoms with Crippen LogP contribution in [0, 0.1) is 11.8 Å². The zero-order chi connectivity index (χ0) is 22.6. The molecule has 6 atom stereocenters. The second kappa shape index (κ2) is 13.7. The standard InChI is InChI=1S/C26H42O5/c1-5-9-11-19-17-21(13-15-23(19)30-25(27)7-3)29-22-14-16-24(31-26(28)8-4)20(18-22)12-10-6-2/h7-8,19-24H,3-6,9-18H2,1-2H3. The van der Waals surface area contributed by atoms with E-state index in [1.165, 1.54) is 12.2 Å². The van der Waals surface area contributed by atoms with E-state index in [1.807, 2.05) is 0 Å². The number of esters is 2. The second-order valence-corrected chi connectivity index (χ2v) is 9.17. The maximum atomic E-state index is 11.7. The molecule has 0 radical (unpaired) electrons. The Labute approximate surface area is 188 Å². The van der Waals surface area contributed by atoms with Gasteiger partial charge in [0.1, 0.15) is 12.2 Å². The summed E-state index contributed by atoms with van der Waals surface area (Å²) >= 11 is 0. The molecule has 0 bridgehead atoms. The molecule has 0 amide bonds. The minimum Gasteiger partial charge on any atom is -0.459 e. The summed E-state index contributed by atoms with van der Waals surface area (Å²) in [7, 11) is 0. The molecule has 5 heteroatoms. The SMILES string of the molecule is C=CC(=O)OC1CCC(OC2CCC(OC(=O)C=C)C(CCCC)C2)CC1CCCC. The van der Waals surface area contributed by atoms with Gasteiger partial charge in [0.25, 0.3) is 0 Å². The van der Waals surface area contributed by atoms with E-state index in [9.17, 15) is 9.59 Å². The molecule has 0 aromatic rings. The monoisotopic (exact) mass is 434 g/mol. The van der Waals surface area contributed by atoms with E-state index in [0.29, 0.717) is 11.8 Å². The van der Waals surface area contributed by atoms with E-state index in [4.69, 9.17) is 14.2 Å². The van der Waals surface area contributed by atoms with Crippen LogP contribution >= 0.6 is 0 Å². The van der Waals surface area contributed by atoms with Gasteiger partial charge in [-0.2, -0.15) is 0 Å². The van der Waals surface area contributed by atoms with E-state index >= 15 is 0 Å². The third kappa shape index (κ3) is 8.44. The highest BCUT2D eigenvalue weighted by atomic mass is 16.5. The van der Waals surface area contributed by atoms with Gasteiger partial charge in [0.05, 0.1) is 12.2 Å². The third-order valence-corrected chi connectivity index (χ3v) is 6.84. The molecule has 2 saturated carbocycles. The van der Waals surface area contributed by atoms with E-state index in [2.05, 4.69) is 27.0 Å². The number of rotatable bonds is 12. The Balaban J connectivity index is 1.93. The topological polar surface area (TPSA) is 61.8 Å². The van der Waals surface area contributed by atoms with E-state index in [1.54, 1.807) is 0 Å². The van der Waals surface area contributed by atoms with Crippen LogP contribution in [0.25, 0.3) is 0 Å². The molecule has 0 spiro atoms. The number of carbonyl (C=O) groups excluding carboxylic acids is 2. The van der Waals surface area contributed by atoms with Crippen LogP contribution < -0.4 is 0 Å². The van der Waals surface area contributed by atoms with Crippen LogP contribution in [0.3, 0.4) is 0 Å². The van der Waals surface area contributed by atoms with Crippen molar-refractivity contribution >= 4 is 11.9 Å². The van der Waals surface area contributed by atoms with E-state index < -0.39 is 0 Å². The quantitative estimate of drug-likeness (QED) is 0.282. The Morgan fingerprint density at radius 1 is 0.774 bits per heavy atom. The zero-order valence-corrected chi connectivity index (χ0v) is 19.6. The zero-order valence-electron chi connectivity index (χ0n) is 19.6. The molecule has 0 saturated heterocycles. The number of ether oxygens (including phenoxy) is 3. The van der Waals surface area contributed by atoms with Gasteiger partial charge >= 0.3 is 11.9 Å². The van der Waals surface area contributed by atoms with Gasteiger partial charge in [0.15, 0.2) is 0 Å². The van der Waals surface area contributed by atoms with E-state index in [-0.39, 0.29) is 36.4 Å². The molecule has 2 fully saturated rings. The maximum Gasteiger partial charge on any atom is 0.330 e. The maximum absolute atomic E-state index is 11.7. The van der Waals surface area contributed by atoms with Gasteiger partial charge < -0.3 is 14.2 Å². The highest BCUT2D eigenvalue weighted by molar-refractivity contribution is 5.81. The normalized spacial score (nSPS) is 30.9. The number of hydrogen-bond acceptors (Lipinski definition) is 5. The average Bonchev–Trinajstić information content (AvgIpc) is 2.78. The van der Waals surface area contributed by atoms with Gasteiger partial charge in [-0.25, -0.2) is 9.59 Å². The summed E-state index contributed by atoms with van der Waals surface area (Å²) < 4.78 is 17.9. The Bertz CT molecular complexity index is 536. The molecule has 6 unspecified atom stereocenters. The Hall–Kier alpha value is -1.62. The fourth-order valence-electron chi connectivity index (χ4n) is 5.15. The average molecular weight is 435 g/mol. The van der Waals surface area contributed by atoms with Crippen molar-refractivity contribution in [2.45, 2.75) is 115 Å². The summed E-state index contributed by atoms with van der Waals surface area (Å²) in [6.45, 7) is 11.4. The largest absolute Gasteiger partial charge is 0.459 e. The summed E-state index contributed by atoms with van der Waals surface area (Å²) in [6.07, 6.45) is 15.0. The van der Waals surface area contributed by atoms with Crippen molar-refractivity contribution in [1.82, 2.24) is 0 Å². The van der Waals surface area contributed by atoms with Gasteiger partial charge in [0.2, 0.25) is 0 Å². The molecule has 0 aromatic carbocycles. The van der Waals surface area contributed by atoms with Crippen LogP contribution in [-0.2, 0) is 23.8 Å². The first kappa shape index (κ1) is 25.6. The van der Waals surface area contributed by atoms with Crippen molar-refractivity contribution in [3.63, 3.8) is 0 Å². The lowest BCUT2D eigenvalue weighted by Crippen LogP contribution is -2.41. The van der Waals surface area contributed by atoms with Crippen molar-refractivity contribution in [3.05, 3.63) is 25.3 Å². The summed E-state index contributed by atoms with van der Waals surface area (Å²) in [5.74, 6) is 0.0563. The molecular formula is C26H42O5. The van der Waals surface area contributed by atoms with Crippen LogP contribution in [0.2, 0.25) is 0 Å². The smallest absolute Gasteiger partial charge is 0.330 e. The Kier molecular flexibility index (Phi) is 11.3. The van der Waals surface area contributed by atoms with Crippen LogP contribution in [0.15, 0.2) is 25.3 Å². The second-order valence-electron chi connectivity index (χ2n) is 9.17. The van der Waals surface area contributed by atoms with Gasteiger partial charge in [-0.05, 0) is 63.2 Å². The van der Waals surface area contributed by atoms with Crippen molar-refractivity contribution in [2.24, 2.45) is 11.8 Å². The summed E-state index contributed by atoms with van der Waals surface area (Å²) in [5.41, 5.74) is 0.